The van der Waals surface area contributed by atoms with Crippen molar-refractivity contribution >= 4 is 31.8 Å². The predicted molar refractivity (Wildman–Crippen MR) is 61.7 cm³/mol. The lowest BCUT2D eigenvalue weighted by molar-refractivity contribution is 0.360. The maximum absolute atomic E-state index is 10.6. The highest BCUT2D eigenvalue weighted by Gasteiger charge is 2.18. The van der Waals surface area contributed by atoms with Crippen LogP contribution >= 0.6 is 0 Å². The first-order chi connectivity index (χ1) is 8.96. The fourth-order valence-electron chi connectivity index (χ4n) is 0.992. The van der Waals surface area contributed by atoms with E-state index in [-0.39, 0.29) is 0 Å². The van der Waals surface area contributed by atoms with E-state index in [1.54, 1.807) is 0 Å². The van der Waals surface area contributed by atoms with Crippen molar-refractivity contribution in [3.05, 3.63) is 18.2 Å². The van der Waals surface area contributed by atoms with Gasteiger partial charge in [0.2, 0.25) is 0 Å². The van der Waals surface area contributed by atoms with Crippen LogP contribution in [-0.2, 0) is 31.8 Å². The fraction of sp³-hybridized carbons (Fsp3) is 0. The lowest BCUT2D eigenvalue weighted by Crippen LogP contribution is -2.11. The van der Waals surface area contributed by atoms with Crippen molar-refractivity contribution in [3.63, 3.8) is 0 Å². The van der Waals surface area contributed by atoms with Crippen LogP contribution < -0.4 is 12.5 Å². The van der Waals surface area contributed by atoms with Gasteiger partial charge in [-0.25, -0.2) is 0 Å². The van der Waals surface area contributed by atoms with Gasteiger partial charge < -0.3 is 12.5 Å². The van der Waals surface area contributed by atoms with Gasteiger partial charge in [0.25, 0.3) is 11.0 Å². The van der Waals surface area contributed by atoms with E-state index in [0.29, 0.717) is 6.07 Å². The van der Waals surface area contributed by atoms with Crippen molar-refractivity contribution in [2.45, 2.75) is 0 Å². The molecule has 0 atom stereocenters. The van der Waals surface area contributed by atoms with E-state index in [2.05, 4.69) is 12.5 Å². The zero-order valence-corrected chi connectivity index (χ0v) is 11.6. The van der Waals surface area contributed by atoms with Gasteiger partial charge >= 0.3 is 20.8 Å². The minimum Gasteiger partial charge on any atom is -0.384 e. The molecule has 2 N–H and O–H groups in total. The summed E-state index contributed by atoms with van der Waals surface area (Å²) in [5.74, 6) is -2.22. The van der Waals surface area contributed by atoms with Crippen molar-refractivity contribution in [2.24, 2.45) is 0 Å². The highest BCUT2D eigenvalue weighted by atomic mass is 32.3. The molecular formula is C6H6O11S3. The van der Waals surface area contributed by atoms with Crippen LogP contribution in [0.3, 0.4) is 0 Å². The number of rotatable bonds is 6. The number of hydrogen-bond acceptors (Lipinski definition) is 9. The summed E-state index contributed by atoms with van der Waals surface area (Å²) in [5, 5.41) is 0. The van der Waals surface area contributed by atoms with E-state index in [1.165, 1.54) is 0 Å². The first-order valence-corrected chi connectivity index (χ1v) is 8.09. The molecule has 14 heteroatoms. The molecule has 0 saturated carbocycles. The largest absolute Gasteiger partial charge is 0.446 e. The van der Waals surface area contributed by atoms with Crippen LogP contribution in [0.2, 0.25) is 0 Å². The van der Waals surface area contributed by atoms with E-state index < -0.39 is 49.0 Å². The highest BCUT2D eigenvalue weighted by molar-refractivity contribution is 7.81. The summed E-state index contributed by atoms with van der Waals surface area (Å²) in [7, 11) is -13.4. The molecular weight excluding hydrogens is 344 g/mol. The Morgan fingerprint density at radius 1 is 0.900 bits per heavy atom. The van der Waals surface area contributed by atoms with Crippen molar-refractivity contribution in [1.29, 1.82) is 0 Å². The third-order valence-corrected chi connectivity index (χ3v) is 2.63. The highest BCUT2D eigenvalue weighted by Crippen LogP contribution is 2.33. The topological polar surface area (TPSA) is 171 Å². The zero-order chi connectivity index (χ0) is 15.6. The SMILES string of the molecule is O=[SH](=O)Oc1ccc(OS(=O)(=O)O)c(OS(=O)(=O)O)c1. The molecule has 0 fully saturated rings. The van der Waals surface area contributed by atoms with Crippen molar-refractivity contribution in [1.82, 2.24) is 0 Å². The van der Waals surface area contributed by atoms with E-state index in [4.69, 9.17) is 9.11 Å². The average molecular weight is 350 g/mol. The molecule has 0 spiro atoms. The summed E-state index contributed by atoms with van der Waals surface area (Å²) in [6.45, 7) is 0. The van der Waals surface area contributed by atoms with Gasteiger partial charge in [0.1, 0.15) is 5.75 Å². The van der Waals surface area contributed by atoms with Crippen LogP contribution in [0.5, 0.6) is 17.2 Å². The maximum atomic E-state index is 10.6. The quantitative estimate of drug-likeness (QED) is 0.422. The normalized spacial score (nSPS) is 12.2. The lowest BCUT2D eigenvalue weighted by atomic mass is 10.3. The van der Waals surface area contributed by atoms with Crippen LogP contribution in [0.15, 0.2) is 18.2 Å². The molecule has 0 heterocycles. The smallest absolute Gasteiger partial charge is 0.384 e. The molecule has 0 radical (unpaired) electrons. The molecule has 114 valence electrons. The van der Waals surface area contributed by atoms with Crippen LogP contribution in [-0.4, -0.2) is 34.4 Å². The van der Waals surface area contributed by atoms with Crippen molar-refractivity contribution < 1.29 is 46.9 Å². The molecule has 11 nitrogen and oxygen atoms in total. The molecule has 0 bridgehead atoms. The first kappa shape index (κ1) is 16.4. The van der Waals surface area contributed by atoms with Gasteiger partial charge in [-0.3, -0.25) is 9.11 Å². The standard InChI is InChI=1S/C6H6O11S3/c7-18(8)15-4-1-2-5(16-19(9,10)11)6(3-4)17-20(12,13)14/h1-3,18H,(H,9,10,11)(H,12,13,14). The van der Waals surface area contributed by atoms with E-state index in [1.807, 2.05) is 0 Å². The fourth-order valence-corrected chi connectivity index (χ4v) is 2.00. The second kappa shape index (κ2) is 5.80. The summed E-state index contributed by atoms with van der Waals surface area (Å²) in [6.07, 6.45) is 0. The summed E-state index contributed by atoms with van der Waals surface area (Å²) in [5.41, 5.74) is 0. The Balaban J connectivity index is 3.29. The van der Waals surface area contributed by atoms with E-state index in [0.717, 1.165) is 12.1 Å². The van der Waals surface area contributed by atoms with Gasteiger partial charge in [0.05, 0.1) is 0 Å². The van der Waals surface area contributed by atoms with E-state index in [9.17, 15) is 25.3 Å². The second-order valence-corrected chi connectivity index (χ2v) is 5.62. The maximum Gasteiger partial charge on any atom is 0.446 e. The molecule has 0 unspecified atom stereocenters. The number of thiol groups is 1. The Morgan fingerprint density at radius 2 is 1.40 bits per heavy atom. The molecule has 0 saturated heterocycles. The molecule has 20 heavy (non-hydrogen) atoms. The van der Waals surface area contributed by atoms with Crippen molar-refractivity contribution in [3.8, 4) is 17.2 Å². The Hall–Kier alpha value is -1.61. The van der Waals surface area contributed by atoms with Crippen LogP contribution in [0, 0.1) is 0 Å². The van der Waals surface area contributed by atoms with Crippen LogP contribution in [0.25, 0.3) is 0 Å². The Labute approximate surface area is 114 Å². The predicted octanol–water partition coefficient (Wildman–Crippen LogP) is -1.04. The Bertz CT molecular complexity index is 764. The zero-order valence-electron chi connectivity index (χ0n) is 9.06. The van der Waals surface area contributed by atoms with Crippen LogP contribution in [0.1, 0.15) is 0 Å². The van der Waals surface area contributed by atoms with Gasteiger partial charge in [-0.05, 0) is 12.1 Å². The molecule has 0 aliphatic heterocycles. The summed E-state index contributed by atoms with van der Waals surface area (Å²) < 4.78 is 91.8. The Kier molecular flexibility index (Phi) is 4.77. The number of hydrogen-bond donors (Lipinski definition) is 3. The monoisotopic (exact) mass is 350 g/mol. The summed E-state index contributed by atoms with van der Waals surface area (Å²) in [6, 6.07) is 2.20. The molecule has 1 aromatic carbocycles. The number of benzene rings is 1. The average Bonchev–Trinajstić information content (AvgIpc) is 2.16. The van der Waals surface area contributed by atoms with Gasteiger partial charge in [0.15, 0.2) is 11.5 Å². The minimum absolute atomic E-state index is 0.456. The first-order valence-electron chi connectivity index (χ1n) is 4.26. The van der Waals surface area contributed by atoms with Gasteiger partial charge in [0, 0.05) is 6.07 Å². The lowest BCUT2D eigenvalue weighted by Gasteiger charge is -2.09. The second-order valence-electron chi connectivity index (χ2n) is 2.95. The molecule has 0 aliphatic carbocycles. The van der Waals surface area contributed by atoms with Gasteiger partial charge in [-0.2, -0.15) is 25.3 Å². The molecule has 0 aliphatic rings. The Morgan fingerprint density at radius 3 is 1.85 bits per heavy atom. The molecule has 1 aromatic rings. The third kappa shape index (κ3) is 6.02. The van der Waals surface area contributed by atoms with E-state index >= 15 is 0 Å². The molecule has 1 rings (SSSR count). The summed E-state index contributed by atoms with van der Waals surface area (Å²) in [4.78, 5) is 0. The minimum atomic E-state index is -5.06. The summed E-state index contributed by atoms with van der Waals surface area (Å²) >= 11 is 0. The van der Waals surface area contributed by atoms with Gasteiger partial charge in [-0.15, -0.1) is 0 Å². The van der Waals surface area contributed by atoms with Crippen LogP contribution in [0.4, 0.5) is 0 Å². The van der Waals surface area contributed by atoms with Gasteiger partial charge in [-0.1, -0.05) is 0 Å². The molecule has 0 amide bonds. The van der Waals surface area contributed by atoms with Crippen molar-refractivity contribution in [2.75, 3.05) is 0 Å². The third-order valence-electron chi connectivity index (χ3n) is 1.49. The molecule has 0 aromatic heterocycles.